The first-order chi connectivity index (χ1) is 32.3. The average molecular weight is 857 g/mol. The van der Waals surface area contributed by atoms with Crippen molar-refractivity contribution in [1.29, 1.82) is 0 Å². The summed E-state index contributed by atoms with van der Waals surface area (Å²) in [5, 5.41) is 7.52. The van der Waals surface area contributed by atoms with Crippen LogP contribution >= 0.6 is 0 Å². The lowest BCUT2D eigenvalue weighted by atomic mass is 9.85. The Morgan fingerprint density at radius 2 is 0.606 bits per heavy atom. The zero-order valence-corrected chi connectivity index (χ0v) is 39.5. The smallest absolute Gasteiger partial charge is 0.0546 e. The van der Waals surface area contributed by atoms with Gasteiger partial charge in [-0.25, -0.2) is 0 Å². The lowest BCUT2D eigenvalue weighted by molar-refractivity contribution is 0.795. The molecule has 10 rings (SSSR count). The molecule has 0 radical (unpaired) electrons. The van der Waals surface area contributed by atoms with E-state index >= 15 is 0 Å². The zero-order chi connectivity index (χ0) is 45.3. The molecule has 0 saturated carbocycles. The van der Waals surface area contributed by atoms with Gasteiger partial charge in [0.1, 0.15) is 0 Å². The van der Waals surface area contributed by atoms with E-state index in [4.69, 9.17) is 0 Å². The minimum atomic E-state index is 1.09. The Labute approximate surface area is 392 Å². The molecule has 66 heavy (non-hydrogen) atoms. The highest BCUT2D eigenvalue weighted by molar-refractivity contribution is 6.32. The van der Waals surface area contributed by atoms with Gasteiger partial charge in [0.25, 0.3) is 0 Å². The van der Waals surface area contributed by atoms with Crippen molar-refractivity contribution in [2.75, 3.05) is 9.80 Å². The van der Waals surface area contributed by atoms with Crippen LogP contribution in [0, 0.1) is 27.7 Å². The molecule has 0 aliphatic rings. The quantitative estimate of drug-likeness (QED) is 0.101. The average Bonchev–Trinajstić information content (AvgIpc) is 3.35. The lowest BCUT2D eigenvalue weighted by Gasteiger charge is -2.31. The molecule has 0 spiro atoms. The predicted octanol–water partition coefficient (Wildman–Crippen LogP) is 18.8. The van der Waals surface area contributed by atoms with Crippen molar-refractivity contribution in [3.05, 3.63) is 215 Å². The van der Waals surface area contributed by atoms with E-state index in [1.54, 1.807) is 0 Å². The number of unbranched alkanes of at least 4 members (excludes halogenated alkanes) is 2. The molecular weight excluding hydrogens is 797 g/mol. The van der Waals surface area contributed by atoms with Crippen molar-refractivity contribution in [1.82, 2.24) is 0 Å². The Bertz CT molecular complexity index is 3030. The molecule has 2 heteroatoms. The van der Waals surface area contributed by atoms with Crippen molar-refractivity contribution < 1.29 is 0 Å². The number of hydrogen-bond acceptors (Lipinski definition) is 2. The van der Waals surface area contributed by atoms with Gasteiger partial charge >= 0.3 is 0 Å². The second-order valence-electron chi connectivity index (χ2n) is 18.6. The van der Waals surface area contributed by atoms with E-state index in [1.165, 1.54) is 114 Å². The van der Waals surface area contributed by atoms with Gasteiger partial charge in [0, 0.05) is 44.3 Å². The van der Waals surface area contributed by atoms with Gasteiger partial charge in [-0.2, -0.15) is 0 Å². The molecule has 0 N–H and O–H groups in total. The van der Waals surface area contributed by atoms with Crippen molar-refractivity contribution in [3.63, 3.8) is 0 Å². The molecular formula is C64H60N2. The summed E-state index contributed by atoms with van der Waals surface area (Å²) >= 11 is 0. The van der Waals surface area contributed by atoms with Gasteiger partial charge in [-0.15, -0.1) is 0 Å². The molecule has 10 aromatic rings. The molecule has 0 heterocycles. The van der Waals surface area contributed by atoms with Crippen LogP contribution in [0.25, 0.3) is 54.6 Å². The molecule has 0 amide bonds. The van der Waals surface area contributed by atoms with Gasteiger partial charge in [-0.3, -0.25) is 0 Å². The number of hydrogen-bond donors (Lipinski definition) is 0. The summed E-state index contributed by atoms with van der Waals surface area (Å²) in [4.78, 5) is 4.99. The Kier molecular flexibility index (Phi) is 11.9. The summed E-state index contributed by atoms with van der Waals surface area (Å²) in [5.41, 5.74) is 19.5. The first-order valence-corrected chi connectivity index (χ1v) is 24.1. The maximum atomic E-state index is 2.49. The molecule has 0 saturated heterocycles. The van der Waals surface area contributed by atoms with Gasteiger partial charge in [-0.05, 0) is 158 Å². The lowest BCUT2D eigenvalue weighted by Crippen LogP contribution is -2.12. The third-order valence-corrected chi connectivity index (χ3v) is 13.7. The van der Waals surface area contributed by atoms with Gasteiger partial charge in [0.05, 0.1) is 11.4 Å². The van der Waals surface area contributed by atoms with Crippen LogP contribution in [0.2, 0.25) is 0 Å². The number of rotatable bonds is 14. The normalized spacial score (nSPS) is 11.5. The topological polar surface area (TPSA) is 6.48 Å². The first-order valence-electron chi connectivity index (χ1n) is 24.1. The van der Waals surface area contributed by atoms with Gasteiger partial charge < -0.3 is 9.80 Å². The van der Waals surface area contributed by atoms with E-state index in [9.17, 15) is 0 Å². The standard InChI is InChI=1S/C64H60N2/c1-7-9-11-47-21-33-53(34-22-47)65(51-29-17-45(5)18-30-51)61-41-59(49-25-13-43(3)14-26-49)55-38-40-58-62(42-60(50-27-15-44(4)16-28-50)56-37-39-57(61)63(55)64(56)58)66(52-31-19-46(6)20-32-52)54-35-23-48(24-36-54)12-10-8-2/h13-42H,7-12H2,1-6H3. The molecule has 0 aliphatic heterocycles. The summed E-state index contributed by atoms with van der Waals surface area (Å²) in [6, 6.07) is 69.5. The molecule has 0 atom stereocenters. The van der Waals surface area contributed by atoms with Crippen LogP contribution in [-0.4, -0.2) is 0 Å². The van der Waals surface area contributed by atoms with E-state index < -0.39 is 0 Å². The highest BCUT2D eigenvalue weighted by atomic mass is 15.1. The number of anilines is 6. The maximum Gasteiger partial charge on any atom is 0.0546 e. The highest BCUT2D eigenvalue weighted by Gasteiger charge is 2.26. The van der Waals surface area contributed by atoms with Crippen LogP contribution in [0.5, 0.6) is 0 Å². The van der Waals surface area contributed by atoms with E-state index in [0.29, 0.717) is 0 Å². The predicted molar refractivity (Wildman–Crippen MR) is 287 cm³/mol. The molecule has 10 aromatic carbocycles. The zero-order valence-electron chi connectivity index (χ0n) is 39.5. The van der Waals surface area contributed by atoms with Crippen molar-refractivity contribution >= 4 is 66.4 Å². The Morgan fingerprint density at radius 3 is 0.924 bits per heavy atom. The van der Waals surface area contributed by atoms with Crippen LogP contribution in [0.4, 0.5) is 34.1 Å². The monoisotopic (exact) mass is 856 g/mol. The fraction of sp³-hybridized carbons (Fsp3) is 0.188. The highest BCUT2D eigenvalue weighted by Crippen LogP contribution is 2.52. The van der Waals surface area contributed by atoms with Crippen LogP contribution in [0.1, 0.15) is 72.9 Å². The van der Waals surface area contributed by atoms with E-state index in [2.05, 4.69) is 233 Å². The largest absolute Gasteiger partial charge is 0.310 e. The van der Waals surface area contributed by atoms with Crippen molar-refractivity contribution in [2.24, 2.45) is 0 Å². The molecule has 326 valence electrons. The van der Waals surface area contributed by atoms with Crippen molar-refractivity contribution in [3.8, 4) is 22.3 Å². The summed E-state index contributed by atoms with van der Waals surface area (Å²) in [6.07, 6.45) is 6.92. The summed E-state index contributed by atoms with van der Waals surface area (Å²) in [7, 11) is 0. The second kappa shape index (κ2) is 18.4. The number of benzene rings is 10. The minimum absolute atomic E-state index is 1.09. The summed E-state index contributed by atoms with van der Waals surface area (Å²) < 4.78 is 0. The second-order valence-corrected chi connectivity index (χ2v) is 18.6. The van der Waals surface area contributed by atoms with Crippen LogP contribution in [-0.2, 0) is 12.8 Å². The Hall–Kier alpha value is -7.16. The number of aryl methyl sites for hydroxylation is 6. The van der Waals surface area contributed by atoms with Crippen LogP contribution < -0.4 is 9.80 Å². The molecule has 0 aromatic heterocycles. The molecule has 0 fully saturated rings. The minimum Gasteiger partial charge on any atom is -0.310 e. The summed E-state index contributed by atoms with van der Waals surface area (Å²) in [5.74, 6) is 0. The van der Waals surface area contributed by atoms with Gasteiger partial charge in [-0.1, -0.05) is 170 Å². The fourth-order valence-corrected chi connectivity index (χ4v) is 9.90. The molecule has 0 aliphatic carbocycles. The van der Waals surface area contributed by atoms with E-state index in [1.807, 2.05) is 0 Å². The summed E-state index contributed by atoms with van der Waals surface area (Å²) in [6.45, 7) is 13.2. The Morgan fingerprint density at radius 1 is 0.318 bits per heavy atom. The first kappa shape index (κ1) is 42.8. The molecule has 0 bridgehead atoms. The third-order valence-electron chi connectivity index (χ3n) is 13.7. The fourth-order valence-electron chi connectivity index (χ4n) is 9.90. The van der Waals surface area contributed by atoms with Crippen molar-refractivity contribution in [2.45, 2.75) is 80.1 Å². The maximum absolute atomic E-state index is 2.49. The molecule has 0 unspecified atom stereocenters. The van der Waals surface area contributed by atoms with Crippen LogP contribution in [0.3, 0.4) is 0 Å². The van der Waals surface area contributed by atoms with Gasteiger partial charge in [0.15, 0.2) is 0 Å². The van der Waals surface area contributed by atoms with Crippen LogP contribution in [0.15, 0.2) is 182 Å². The van der Waals surface area contributed by atoms with E-state index in [-0.39, 0.29) is 0 Å². The Balaban J connectivity index is 1.32. The molecule has 2 nitrogen and oxygen atoms in total. The van der Waals surface area contributed by atoms with Gasteiger partial charge in [0.2, 0.25) is 0 Å². The SMILES string of the molecule is CCCCc1ccc(N(c2ccc(C)cc2)c2cc(-c3ccc(C)cc3)c3ccc4c(N(c5ccc(C)cc5)c5ccc(CCCC)cc5)cc(-c5ccc(C)cc5)c5ccc2c3c54)cc1. The number of nitrogens with zero attached hydrogens (tertiary/aromatic N) is 2. The third kappa shape index (κ3) is 8.22. The van der Waals surface area contributed by atoms with E-state index in [0.717, 1.165) is 47.0 Å².